The molecule has 0 unspecified atom stereocenters. The fourth-order valence-corrected chi connectivity index (χ4v) is 1.64. The molecule has 0 saturated heterocycles. The maximum atomic E-state index is 12.4. The predicted octanol–water partition coefficient (Wildman–Crippen LogP) is 3.60. The molecule has 0 atom stereocenters. The summed E-state index contributed by atoms with van der Waals surface area (Å²) < 4.78 is 111. The number of nitrogens with one attached hydrogen (secondary N) is 1. The van der Waals surface area contributed by atoms with Gasteiger partial charge in [0.1, 0.15) is 0 Å². The van der Waals surface area contributed by atoms with Gasteiger partial charge in [-0.2, -0.15) is 39.5 Å². The van der Waals surface area contributed by atoms with Gasteiger partial charge in [0.2, 0.25) is 10.1 Å². The highest BCUT2D eigenvalue weighted by molar-refractivity contribution is 7.15. The number of aromatic nitrogens is 2. The van der Waals surface area contributed by atoms with Crippen LogP contribution < -0.4 is 5.32 Å². The van der Waals surface area contributed by atoms with Crippen molar-refractivity contribution in [3.63, 3.8) is 0 Å². The number of rotatable bonds is 2. The Morgan fingerprint density at radius 2 is 1.41 bits per heavy atom. The van der Waals surface area contributed by atoms with Crippen molar-refractivity contribution in [2.24, 2.45) is 0 Å². The molecule has 4 nitrogen and oxygen atoms in total. The minimum absolute atomic E-state index is 0.467. The van der Waals surface area contributed by atoms with Gasteiger partial charge in [-0.1, -0.05) is 22.9 Å². The average Bonchev–Trinajstić information content (AvgIpc) is 2.72. The van der Waals surface area contributed by atoms with Gasteiger partial charge in [0, 0.05) is 0 Å². The number of halogens is 10. The number of hydrogen-bond donors (Lipinski definition) is 1. The third-order valence-electron chi connectivity index (χ3n) is 1.98. The summed E-state index contributed by atoms with van der Waals surface area (Å²) in [6.45, 7) is 0. The number of alkyl halides is 10. The third-order valence-corrected chi connectivity index (χ3v) is 3.47. The topological polar surface area (TPSA) is 54.9 Å². The van der Waals surface area contributed by atoms with Crippen LogP contribution in [0.25, 0.3) is 0 Å². The van der Waals surface area contributed by atoms with Gasteiger partial charge in [-0.3, -0.25) is 10.1 Å². The van der Waals surface area contributed by atoms with Gasteiger partial charge in [-0.05, 0) is 0 Å². The van der Waals surface area contributed by atoms with Crippen molar-refractivity contribution in [3.8, 4) is 0 Å². The second kappa shape index (κ2) is 5.40. The normalized spacial score (nSPS) is 14.1. The standard InChI is InChI=1S/C7HClF9N3OS/c8-4(6(12,13)14,7(15,16)17)1(21)18-3-20-19-2(22-3)5(9,10)11/h(H,18,20,21). The van der Waals surface area contributed by atoms with Crippen molar-refractivity contribution in [1.29, 1.82) is 0 Å². The molecular weight excluding hydrogens is 381 g/mol. The van der Waals surface area contributed by atoms with E-state index in [1.165, 1.54) is 0 Å². The van der Waals surface area contributed by atoms with E-state index < -0.39 is 50.8 Å². The molecule has 1 heterocycles. The van der Waals surface area contributed by atoms with E-state index in [9.17, 15) is 44.3 Å². The lowest BCUT2D eigenvalue weighted by molar-refractivity contribution is -0.258. The van der Waals surface area contributed by atoms with Crippen LogP contribution in [0.2, 0.25) is 0 Å². The number of amides is 1. The van der Waals surface area contributed by atoms with Crippen LogP contribution in [0, 0.1) is 0 Å². The van der Waals surface area contributed by atoms with Crippen molar-refractivity contribution in [3.05, 3.63) is 5.01 Å². The number of hydrogen-bond acceptors (Lipinski definition) is 4. The van der Waals surface area contributed by atoms with Gasteiger partial charge < -0.3 is 0 Å². The molecule has 22 heavy (non-hydrogen) atoms. The molecule has 1 rings (SSSR count). The minimum Gasteiger partial charge on any atom is -0.298 e. The largest absolute Gasteiger partial charge is 0.445 e. The summed E-state index contributed by atoms with van der Waals surface area (Å²) in [6.07, 6.45) is -17.5. The quantitative estimate of drug-likeness (QED) is 0.629. The van der Waals surface area contributed by atoms with Crippen molar-refractivity contribution in [2.75, 3.05) is 5.32 Å². The zero-order valence-corrected chi connectivity index (χ0v) is 11.1. The van der Waals surface area contributed by atoms with E-state index in [4.69, 9.17) is 0 Å². The third kappa shape index (κ3) is 3.37. The van der Waals surface area contributed by atoms with Crippen molar-refractivity contribution >= 4 is 34.0 Å². The molecule has 0 spiro atoms. The van der Waals surface area contributed by atoms with E-state index >= 15 is 0 Å². The van der Waals surface area contributed by atoms with Gasteiger partial charge >= 0.3 is 23.4 Å². The van der Waals surface area contributed by atoms with Crippen molar-refractivity contribution in [1.82, 2.24) is 10.2 Å². The van der Waals surface area contributed by atoms with Gasteiger partial charge in [-0.25, -0.2) is 0 Å². The highest BCUT2D eigenvalue weighted by atomic mass is 35.5. The SMILES string of the molecule is O=C(Nc1nnc(C(F)(F)F)s1)C(Cl)(C(F)(F)F)C(F)(F)F. The fourth-order valence-electron chi connectivity index (χ4n) is 0.990. The molecule has 0 saturated carbocycles. The molecule has 15 heteroatoms. The highest BCUT2D eigenvalue weighted by Crippen LogP contribution is 2.48. The van der Waals surface area contributed by atoms with E-state index in [-0.39, 0.29) is 0 Å². The summed E-state index contributed by atoms with van der Waals surface area (Å²) in [7, 11) is 0. The van der Waals surface area contributed by atoms with Gasteiger partial charge in [-0.15, -0.1) is 10.2 Å². The molecule has 0 radical (unpaired) electrons. The number of nitrogens with zero attached hydrogens (tertiary/aromatic N) is 2. The summed E-state index contributed by atoms with van der Waals surface area (Å²) in [5.74, 6) is -2.85. The van der Waals surface area contributed by atoms with Crippen LogP contribution >= 0.6 is 22.9 Å². The Bertz CT molecular complexity index is 549. The Hall–Kier alpha value is -1.31. The molecule has 126 valence electrons. The Morgan fingerprint density at radius 1 is 0.955 bits per heavy atom. The lowest BCUT2D eigenvalue weighted by atomic mass is 10.1. The van der Waals surface area contributed by atoms with E-state index in [2.05, 4.69) is 21.8 Å². The number of carbonyl (C=O) groups is 1. The first-order valence-corrected chi connectivity index (χ1v) is 5.84. The Morgan fingerprint density at radius 3 is 1.73 bits per heavy atom. The van der Waals surface area contributed by atoms with E-state index in [0.717, 1.165) is 5.32 Å². The summed E-state index contributed by atoms with van der Waals surface area (Å²) in [4.78, 5) is 5.82. The molecule has 1 aromatic heterocycles. The van der Waals surface area contributed by atoms with Crippen LogP contribution in [0.3, 0.4) is 0 Å². The van der Waals surface area contributed by atoms with Gasteiger partial charge in [0.05, 0.1) is 0 Å². The van der Waals surface area contributed by atoms with E-state index in [1.54, 1.807) is 0 Å². The van der Waals surface area contributed by atoms with E-state index in [1.807, 2.05) is 0 Å². The zero-order chi connectivity index (χ0) is 17.6. The van der Waals surface area contributed by atoms with Gasteiger partial charge in [0.25, 0.3) is 5.91 Å². The van der Waals surface area contributed by atoms with Crippen LogP contribution in [0.4, 0.5) is 44.6 Å². The van der Waals surface area contributed by atoms with Gasteiger partial charge in [0.15, 0.2) is 0 Å². The Kier molecular flexibility index (Phi) is 4.60. The molecule has 0 aliphatic rings. The fraction of sp³-hybridized carbons (Fsp3) is 0.571. The van der Waals surface area contributed by atoms with Crippen LogP contribution in [0.1, 0.15) is 5.01 Å². The molecule has 0 aliphatic carbocycles. The smallest absolute Gasteiger partial charge is 0.298 e. The van der Waals surface area contributed by atoms with Crippen LogP contribution in [-0.4, -0.2) is 33.3 Å². The molecule has 1 aromatic rings. The summed E-state index contributed by atoms with van der Waals surface area (Å²) in [5, 5.41) is 3.11. The monoisotopic (exact) mass is 381 g/mol. The second-order valence-electron chi connectivity index (χ2n) is 3.52. The summed E-state index contributed by atoms with van der Waals surface area (Å²) in [5.41, 5.74) is 0. The molecule has 0 aromatic carbocycles. The number of anilines is 1. The first-order valence-electron chi connectivity index (χ1n) is 4.65. The Labute approximate surface area is 123 Å². The molecule has 1 amide bonds. The predicted molar refractivity (Wildman–Crippen MR) is 54.2 cm³/mol. The first-order chi connectivity index (χ1) is 9.60. The van der Waals surface area contributed by atoms with Crippen molar-refractivity contribution in [2.45, 2.75) is 23.4 Å². The second-order valence-corrected chi connectivity index (χ2v) is 5.06. The maximum absolute atomic E-state index is 12.4. The molecule has 1 N–H and O–H groups in total. The van der Waals surface area contributed by atoms with Crippen LogP contribution in [0.15, 0.2) is 0 Å². The lowest BCUT2D eigenvalue weighted by Gasteiger charge is -2.29. The molecule has 0 bridgehead atoms. The molecule has 0 fully saturated rings. The van der Waals surface area contributed by atoms with Crippen molar-refractivity contribution < 1.29 is 44.3 Å². The average molecular weight is 382 g/mol. The van der Waals surface area contributed by atoms with E-state index in [0.29, 0.717) is 0 Å². The summed E-state index contributed by atoms with van der Waals surface area (Å²) in [6, 6.07) is 0. The maximum Gasteiger partial charge on any atom is 0.445 e. The molecular formula is C7HClF9N3OS. The van der Waals surface area contributed by atoms with Crippen LogP contribution in [-0.2, 0) is 11.0 Å². The highest BCUT2D eigenvalue weighted by Gasteiger charge is 2.75. The lowest BCUT2D eigenvalue weighted by Crippen LogP contribution is -2.60. The van der Waals surface area contributed by atoms with Crippen LogP contribution in [0.5, 0.6) is 0 Å². The summed E-state index contributed by atoms with van der Waals surface area (Å²) >= 11 is 3.89. The number of carbonyl (C=O) groups excluding carboxylic acids is 1. The Balaban J connectivity index is 3.11. The zero-order valence-electron chi connectivity index (χ0n) is 9.49. The first kappa shape index (κ1) is 18.7. The minimum atomic E-state index is -6.26. The molecule has 0 aliphatic heterocycles.